The number of amides is 1. The molecule has 2 aliphatic heterocycles. The first-order valence-corrected chi connectivity index (χ1v) is 10.6. The SMILES string of the molecule is COC1CN(C(=O)c2cc3c(nc(C)n3C)c3c2CC[C@@H](c2ccc(Cl)cc2)O3)C1. The number of likely N-dealkylation sites (tertiary alicyclic amines) is 1. The molecule has 5 rings (SSSR count). The summed E-state index contributed by atoms with van der Waals surface area (Å²) in [5, 5.41) is 0.703. The Morgan fingerprint density at radius 1 is 1.27 bits per heavy atom. The Morgan fingerprint density at radius 3 is 2.70 bits per heavy atom. The molecule has 0 bridgehead atoms. The van der Waals surface area contributed by atoms with Crippen LogP contribution >= 0.6 is 11.6 Å². The number of imidazole rings is 1. The van der Waals surface area contributed by atoms with Gasteiger partial charge in [0.1, 0.15) is 17.4 Å². The molecule has 1 amide bonds. The number of rotatable bonds is 3. The fourth-order valence-electron chi connectivity index (χ4n) is 4.33. The monoisotopic (exact) mass is 425 g/mol. The highest BCUT2D eigenvalue weighted by molar-refractivity contribution is 6.30. The molecule has 156 valence electrons. The number of hydrogen-bond acceptors (Lipinski definition) is 4. The number of hydrogen-bond donors (Lipinski definition) is 0. The first-order chi connectivity index (χ1) is 14.5. The highest BCUT2D eigenvalue weighted by Gasteiger charge is 2.35. The Labute approximate surface area is 180 Å². The lowest BCUT2D eigenvalue weighted by atomic mass is 9.92. The van der Waals surface area contributed by atoms with Crippen LogP contribution in [0, 0.1) is 6.92 Å². The first kappa shape index (κ1) is 19.4. The van der Waals surface area contributed by atoms with Crippen molar-refractivity contribution in [1.82, 2.24) is 14.5 Å². The van der Waals surface area contributed by atoms with Crippen LogP contribution in [0.1, 0.15) is 39.8 Å². The summed E-state index contributed by atoms with van der Waals surface area (Å²) in [7, 11) is 3.65. The number of halogens is 1. The third-order valence-corrected chi connectivity index (χ3v) is 6.57. The molecule has 0 aliphatic carbocycles. The van der Waals surface area contributed by atoms with Crippen molar-refractivity contribution in [3.63, 3.8) is 0 Å². The molecule has 0 spiro atoms. The highest BCUT2D eigenvalue weighted by atomic mass is 35.5. The number of aryl methyl sites for hydroxylation is 2. The molecule has 0 unspecified atom stereocenters. The van der Waals surface area contributed by atoms with E-state index in [9.17, 15) is 4.79 Å². The summed E-state index contributed by atoms with van der Waals surface area (Å²) >= 11 is 6.05. The van der Waals surface area contributed by atoms with Crippen LogP contribution in [0.15, 0.2) is 30.3 Å². The number of benzene rings is 2. The largest absolute Gasteiger partial charge is 0.483 e. The molecule has 1 aromatic heterocycles. The van der Waals surface area contributed by atoms with Crippen molar-refractivity contribution in [2.75, 3.05) is 20.2 Å². The van der Waals surface area contributed by atoms with Crippen molar-refractivity contribution in [3.05, 3.63) is 57.9 Å². The lowest BCUT2D eigenvalue weighted by molar-refractivity contribution is -0.0192. The van der Waals surface area contributed by atoms with E-state index >= 15 is 0 Å². The van der Waals surface area contributed by atoms with Crippen molar-refractivity contribution < 1.29 is 14.3 Å². The molecule has 1 atom stereocenters. The van der Waals surface area contributed by atoms with Gasteiger partial charge < -0.3 is 18.9 Å². The molecule has 7 heteroatoms. The van der Waals surface area contributed by atoms with E-state index in [4.69, 9.17) is 26.1 Å². The summed E-state index contributed by atoms with van der Waals surface area (Å²) in [5.74, 6) is 1.65. The van der Waals surface area contributed by atoms with E-state index in [1.54, 1.807) is 7.11 Å². The van der Waals surface area contributed by atoms with E-state index in [2.05, 4.69) is 0 Å². The lowest BCUT2D eigenvalue weighted by Gasteiger charge is -2.39. The average molecular weight is 426 g/mol. The average Bonchev–Trinajstić information content (AvgIpc) is 3.01. The van der Waals surface area contributed by atoms with Gasteiger partial charge in [0.05, 0.1) is 11.6 Å². The smallest absolute Gasteiger partial charge is 0.254 e. The predicted octanol–water partition coefficient (Wildman–Crippen LogP) is 4.07. The second-order valence-electron chi connectivity index (χ2n) is 8.08. The zero-order valence-corrected chi connectivity index (χ0v) is 18.1. The van der Waals surface area contributed by atoms with Crippen LogP contribution in [0.4, 0.5) is 0 Å². The minimum absolute atomic E-state index is 0.0360. The number of aromatic nitrogens is 2. The van der Waals surface area contributed by atoms with E-state index in [0.29, 0.717) is 23.7 Å². The van der Waals surface area contributed by atoms with E-state index in [-0.39, 0.29) is 18.1 Å². The van der Waals surface area contributed by atoms with Crippen LogP contribution in [-0.4, -0.2) is 46.7 Å². The summed E-state index contributed by atoms with van der Waals surface area (Å²) in [5.41, 5.74) is 4.48. The number of ether oxygens (including phenoxy) is 2. The van der Waals surface area contributed by atoms with Crippen LogP contribution in [0.3, 0.4) is 0 Å². The molecule has 2 aromatic carbocycles. The third kappa shape index (κ3) is 3.06. The van der Waals surface area contributed by atoms with Crippen LogP contribution in [0.5, 0.6) is 5.75 Å². The summed E-state index contributed by atoms with van der Waals surface area (Å²) in [6.07, 6.45) is 1.59. The van der Waals surface area contributed by atoms with Crippen LogP contribution in [-0.2, 0) is 18.2 Å². The normalized spacial score (nSPS) is 18.8. The summed E-state index contributed by atoms with van der Waals surface area (Å²) in [4.78, 5) is 19.9. The highest BCUT2D eigenvalue weighted by Crippen LogP contribution is 2.42. The molecule has 30 heavy (non-hydrogen) atoms. The second-order valence-corrected chi connectivity index (χ2v) is 8.52. The quantitative estimate of drug-likeness (QED) is 0.634. The summed E-state index contributed by atoms with van der Waals surface area (Å²) in [6.45, 7) is 3.22. The second kappa shape index (κ2) is 7.29. The van der Waals surface area contributed by atoms with Crippen molar-refractivity contribution in [3.8, 4) is 5.75 Å². The van der Waals surface area contributed by atoms with Gasteiger partial charge in [-0.05, 0) is 43.5 Å². The Kier molecular flexibility index (Phi) is 4.71. The maximum atomic E-state index is 13.3. The molecule has 1 fully saturated rings. The molecule has 3 heterocycles. The van der Waals surface area contributed by atoms with Gasteiger partial charge in [-0.3, -0.25) is 4.79 Å². The van der Waals surface area contributed by atoms with Gasteiger partial charge in [-0.25, -0.2) is 4.98 Å². The molecule has 6 nitrogen and oxygen atoms in total. The van der Waals surface area contributed by atoms with Gasteiger partial charge in [-0.15, -0.1) is 0 Å². The maximum Gasteiger partial charge on any atom is 0.254 e. The van der Waals surface area contributed by atoms with Gasteiger partial charge >= 0.3 is 0 Å². The summed E-state index contributed by atoms with van der Waals surface area (Å²) in [6, 6.07) is 9.73. The van der Waals surface area contributed by atoms with Crippen molar-refractivity contribution >= 4 is 28.5 Å². The molecular formula is C23H24ClN3O3. The van der Waals surface area contributed by atoms with E-state index in [1.807, 2.05) is 53.8 Å². The van der Waals surface area contributed by atoms with E-state index < -0.39 is 0 Å². The van der Waals surface area contributed by atoms with Gasteiger partial charge in [-0.2, -0.15) is 0 Å². The van der Waals surface area contributed by atoms with Gasteiger partial charge in [0.2, 0.25) is 0 Å². The molecule has 2 aliphatic rings. The Hall–Kier alpha value is -2.57. The topological polar surface area (TPSA) is 56.6 Å². The molecular weight excluding hydrogens is 402 g/mol. The van der Waals surface area contributed by atoms with Crippen LogP contribution in [0.25, 0.3) is 11.0 Å². The van der Waals surface area contributed by atoms with E-state index in [0.717, 1.165) is 46.6 Å². The molecule has 0 N–H and O–H groups in total. The van der Waals surface area contributed by atoms with Crippen LogP contribution in [0.2, 0.25) is 5.02 Å². The maximum absolute atomic E-state index is 13.3. The standard InChI is InChI=1S/C23H24ClN3O3/c1-13-25-21-19(26(13)2)10-18(23(28)27-11-16(12-27)29-3)17-8-9-20(30-22(17)21)14-4-6-15(24)7-5-14/h4-7,10,16,20H,8-9,11-12H2,1-3H3/t20-/m0/s1. The van der Waals surface area contributed by atoms with Crippen molar-refractivity contribution in [2.45, 2.75) is 32.0 Å². The third-order valence-electron chi connectivity index (χ3n) is 6.32. The fourth-order valence-corrected chi connectivity index (χ4v) is 4.45. The zero-order chi connectivity index (χ0) is 21.0. The lowest BCUT2D eigenvalue weighted by Crippen LogP contribution is -2.54. The van der Waals surface area contributed by atoms with Crippen LogP contribution < -0.4 is 4.74 Å². The molecule has 0 saturated carbocycles. The molecule has 3 aromatic rings. The number of carbonyl (C=O) groups excluding carboxylic acids is 1. The van der Waals surface area contributed by atoms with Gasteiger partial charge in [0, 0.05) is 43.4 Å². The van der Waals surface area contributed by atoms with Gasteiger partial charge in [0.15, 0.2) is 5.75 Å². The predicted molar refractivity (Wildman–Crippen MR) is 115 cm³/mol. The first-order valence-electron chi connectivity index (χ1n) is 10.2. The zero-order valence-electron chi connectivity index (χ0n) is 17.3. The number of fused-ring (bicyclic) bond motifs is 3. The fraction of sp³-hybridized carbons (Fsp3) is 0.391. The number of nitrogens with zero attached hydrogens (tertiary/aromatic N) is 3. The minimum Gasteiger partial charge on any atom is -0.483 e. The Bertz CT molecular complexity index is 1130. The number of methoxy groups -OCH3 is 1. The van der Waals surface area contributed by atoms with Crippen molar-refractivity contribution in [1.29, 1.82) is 0 Å². The Morgan fingerprint density at radius 2 is 2.00 bits per heavy atom. The van der Waals surface area contributed by atoms with Crippen molar-refractivity contribution in [2.24, 2.45) is 7.05 Å². The van der Waals surface area contributed by atoms with Gasteiger partial charge in [0.25, 0.3) is 5.91 Å². The molecule has 0 radical (unpaired) electrons. The molecule has 1 saturated heterocycles. The Balaban J connectivity index is 1.58. The number of carbonyl (C=O) groups is 1. The summed E-state index contributed by atoms with van der Waals surface area (Å²) < 4.78 is 13.8. The van der Waals surface area contributed by atoms with E-state index in [1.165, 1.54) is 0 Å². The minimum atomic E-state index is -0.0903. The van der Waals surface area contributed by atoms with Gasteiger partial charge in [-0.1, -0.05) is 23.7 Å².